The third-order valence-electron chi connectivity index (χ3n) is 3.46. The summed E-state index contributed by atoms with van der Waals surface area (Å²) in [5, 5.41) is 0. The number of sulfonamides is 1. The van der Waals surface area contributed by atoms with E-state index in [1.54, 1.807) is 24.3 Å². The van der Waals surface area contributed by atoms with E-state index in [-0.39, 0.29) is 16.8 Å². The van der Waals surface area contributed by atoms with Gasteiger partial charge in [0.25, 0.3) is 0 Å². The fourth-order valence-corrected chi connectivity index (χ4v) is 3.91. The van der Waals surface area contributed by atoms with Gasteiger partial charge < -0.3 is 5.73 Å². The van der Waals surface area contributed by atoms with Gasteiger partial charge in [-0.15, -0.1) is 0 Å². The summed E-state index contributed by atoms with van der Waals surface area (Å²) < 4.78 is 27.2. The SMILES string of the molecule is CCC(C)CC(C)NS(=O)(=O)Cc1ccccc1C(N)=S. The summed E-state index contributed by atoms with van der Waals surface area (Å²) in [6, 6.07) is 6.99. The quantitative estimate of drug-likeness (QED) is 0.719. The molecule has 0 aliphatic heterocycles. The molecule has 0 aliphatic rings. The van der Waals surface area contributed by atoms with Crippen LogP contribution in [0.15, 0.2) is 24.3 Å². The first-order valence-corrected chi connectivity index (χ1v) is 9.19. The molecular formula is C15H24N2O2S2. The van der Waals surface area contributed by atoms with Crippen LogP contribution in [-0.2, 0) is 15.8 Å². The van der Waals surface area contributed by atoms with Crippen LogP contribution in [0.2, 0.25) is 0 Å². The van der Waals surface area contributed by atoms with E-state index in [9.17, 15) is 8.42 Å². The zero-order chi connectivity index (χ0) is 16.0. The van der Waals surface area contributed by atoms with Gasteiger partial charge in [-0.3, -0.25) is 0 Å². The van der Waals surface area contributed by atoms with Crippen molar-refractivity contribution in [1.29, 1.82) is 0 Å². The molecule has 0 bridgehead atoms. The number of thiocarbonyl (C=S) groups is 1. The predicted molar refractivity (Wildman–Crippen MR) is 91.6 cm³/mol. The van der Waals surface area contributed by atoms with E-state index in [1.807, 2.05) is 6.92 Å². The van der Waals surface area contributed by atoms with Crippen molar-refractivity contribution in [2.24, 2.45) is 11.7 Å². The maximum Gasteiger partial charge on any atom is 0.216 e. The van der Waals surface area contributed by atoms with Crippen molar-refractivity contribution in [3.05, 3.63) is 35.4 Å². The minimum atomic E-state index is -3.41. The first kappa shape index (κ1) is 18.1. The smallest absolute Gasteiger partial charge is 0.216 e. The van der Waals surface area contributed by atoms with Crippen molar-refractivity contribution in [3.63, 3.8) is 0 Å². The molecule has 0 aromatic heterocycles. The second-order valence-corrected chi connectivity index (χ2v) is 7.74. The average Bonchev–Trinajstić information content (AvgIpc) is 2.37. The van der Waals surface area contributed by atoms with Crippen LogP contribution in [0.1, 0.15) is 44.7 Å². The van der Waals surface area contributed by atoms with Crippen LogP contribution in [0.5, 0.6) is 0 Å². The molecule has 21 heavy (non-hydrogen) atoms. The highest BCUT2D eigenvalue weighted by Crippen LogP contribution is 2.14. The van der Waals surface area contributed by atoms with Gasteiger partial charge in [0.2, 0.25) is 10.0 Å². The molecule has 1 rings (SSSR count). The molecule has 1 aromatic carbocycles. The van der Waals surface area contributed by atoms with E-state index in [0.717, 1.165) is 12.8 Å². The van der Waals surface area contributed by atoms with Gasteiger partial charge in [0.1, 0.15) is 4.99 Å². The van der Waals surface area contributed by atoms with Crippen molar-refractivity contribution in [2.75, 3.05) is 0 Å². The number of hydrogen-bond acceptors (Lipinski definition) is 3. The molecule has 0 amide bonds. The molecule has 0 aliphatic carbocycles. The van der Waals surface area contributed by atoms with E-state index in [1.165, 1.54) is 0 Å². The summed E-state index contributed by atoms with van der Waals surface area (Å²) in [4.78, 5) is 0.216. The molecule has 0 radical (unpaired) electrons. The Kier molecular flexibility index (Phi) is 6.77. The van der Waals surface area contributed by atoms with Crippen molar-refractivity contribution < 1.29 is 8.42 Å². The van der Waals surface area contributed by atoms with E-state index >= 15 is 0 Å². The Balaban J connectivity index is 2.79. The van der Waals surface area contributed by atoms with E-state index in [2.05, 4.69) is 18.6 Å². The number of nitrogens with one attached hydrogen (secondary N) is 1. The van der Waals surface area contributed by atoms with Gasteiger partial charge in [-0.2, -0.15) is 0 Å². The first-order chi connectivity index (χ1) is 9.75. The summed E-state index contributed by atoms with van der Waals surface area (Å²) in [6.07, 6.45) is 1.86. The zero-order valence-electron chi connectivity index (χ0n) is 12.8. The number of hydrogen-bond donors (Lipinski definition) is 2. The predicted octanol–water partition coefficient (Wildman–Crippen LogP) is 2.56. The third kappa shape index (κ3) is 6.11. The van der Waals surface area contributed by atoms with E-state index in [4.69, 9.17) is 18.0 Å². The molecule has 0 saturated heterocycles. The minimum Gasteiger partial charge on any atom is -0.389 e. The van der Waals surface area contributed by atoms with Crippen LogP contribution >= 0.6 is 12.2 Å². The summed E-state index contributed by atoms with van der Waals surface area (Å²) >= 11 is 4.96. The number of rotatable bonds is 8. The second kappa shape index (κ2) is 7.87. The fraction of sp³-hybridized carbons (Fsp3) is 0.533. The normalized spacial score (nSPS) is 14.6. The Hall–Kier alpha value is -0.980. The Labute approximate surface area is 133 Å². The van der Waals surface area contributed by atoms with Crippen LogP contribution < -0.4 is 10.5 Å². The van der Waals surface area contributed by atoms with Crippen LogP contribution in [0, 0.1) is 5.92 Å². The van der Waals surface area contributed by atoms with Gasteiger partial charge in [0, 0.05) is 11.6 Å². The number of nitrogens with two attached hydrogens (primary N) is 1. The van der Waals surface area contributed by atoms with E-state index < -0.39 is 10.0 Å². The van der Waals surface area contributed by atoms with Gasteiger partial charge in [0.15, 0.2) is 0 Å². The molecular weight excluding hydrogens is 304 g/mol. The molecule has 2 atom stereocenters. The monoisotopic (exact) mass is 328 g/mol. The highest BCUT2D eigenvalue weighted by Gasteiger charge is 2.18. The maximum atomic E-state index is 12.3. The second-order valence-electron chi connectivity index (χ2n) is 5.55. The molecule has 1 aromatic rings. The first-order valence-electron chi connectivity index (χ1n) is 7.13. The summed E-state index contributed by atoms with van der Waals surface area (Å²) in [5.41, 5.74) is 6.89. The lowest BCUT2D eigenvalue weighted by Crippen LogP contribution is -2.35. The molecule has 0 heterocycles. The lowest BCUT2D eigenvalue weighted by molar-refractivity contribution is 0.445. The highest BCUT2D eigenvalue weighted by molar-refractivity contribution is 7.88. The van der Waals surface area contributed by atoms with Crippen molar-refractivity contribution in [2.45, 2.75) is 45.4 Å². The van der Waals surface area contributed by atoms with Gasteiger partial charge in [0.05, 0.1) is 5.75 Å². The lowest BCUT2D eigenvalue weighted by Gasteiger charge is -2.18. The van der Waals surface area contributed by atoms with Crippen molar-refractivity contribution >= 4 is 27.2 Å². The van der Waals surface area contributed by atoms with Crippen LogP contribution in [-0.4, -0.2) is 19.4 Å². The molecule has 3 N–H and O–H groups in total. The number of benzene rings is 1. The minimum absolute atomic E-state index is 0.0815. The van der Waals surface area contributed by atoms with Crippen LogP contribution in [0.4, 0.5) is 0 Å². The fourth-order valence-electron chi connectivity index (χ4n) is 2.26. The van der Waals surface area contributed by atoms with Gasteiger partial charge in [-0.1, -0.05) is 56.8 Å². The molecule has 6 heteroatoms. The molecule has 4 nitrogen and oxygen atoms in total. The standard InChI is InChI=1S/C15H24N2O2S2/c1-4-11(2)9-12(3)17-21(18,19)10-13-7-5-6-8-14(13)15(16)20/h5-8,11-12,17H,4,9-10H2,1-3H3,(H2,16,20). The Morgan fingerprint density at radius 3 is 2.52 bits per heavy atom. The third-order valence-corrected chi connectivity index (χ3v) is 5.13. The Morgan fingerprint density at radius 1 is 1.33 bits per heavy atom. The van der Waals surface area contributed by atoms with Crippen LogP contribution in [0.25, 0.3) is 0 Å². The lowest BCUT2D eigenvalue weighted by atomic mass is 10.0. The van der Waals surface area contributed by atoms with Crippen molar-refractivity contribution in [1.82, 2.24) is 4.72 Å². The van der Waals surface area contributed by atoms with Gasteiger partial charge in [-0.25, -0.2) is 13.1 Å². The molecule has 0 spiro atoms. The summed E-state index contributed by atoms with van der Waals surface area (Å²) in [7, 11) is -3.41. The summed E-state index contributed by atoms with van der Waals surface area (Å²) in [5.74, 6) is 0.386. The van der Waals surface area contributed by atoms with E-state index in [0.29, 0.717) is 17.0 Å². The topological polar surface area (TPSA) is 72.2 Å². The zero-order valence-corrected chi connectivity index (χ0v) is 14.4. The average molecular weight is 329 g/mol. The largest absolute Gasteiger partial charge is 0.389 e. The Morgan fingerprint density at radius 2 is 1.95 bits per heavy atom. The highest BCUT2D eigenvalue weighted by atomic mass is 32.2. The molecule has 118 valence electrons. The summed E-state index contributed by atoms with van der Waals surface area (Å²) in [6.45, 7) is 6.11. The van der Waals surface area contributed by atoms with Gasteiger partial charge in [-0.05, 0) is 24.8 Å². The van der Waals surface area contributed by atoms with Gasteiger partial charge >= 0.3 is 0 Å². The molecule has 0 fully saturated rings. The van der Waals surface area contributed by atoms with Crippen LogP contribution in [0.3, 0.4) is 0 Å². The maximum absolute atomic E-state index is 12.3. The van der Waals surface area contributed by atoms with Crippen molar-refractivity contribution in [3.8, 4) is 0 Å². The molecule has 2 unspecified atom stereocenters. The molecule has 0 saturated carbocycles. The Bertz CT molecular complexity index is 585.